The maximum absolute atomic E-state index is 12.8. The van der Waals surface area contributed by atoms with Crippen LogP contribution in [0.5, 0.6) is 0 Å². The van der Waals surface area contributed by atoms with Crippen LogP contribution in [0.4, 0.5) is 18.9 Å². The van der Waals surface area contributed by atoms with Crippen molar-refractivity contribution in [3.8, 4) is 0 Å². The molecule has 2 heterocycles. The molecule has 0 radical (unpaired) electrons. The highest BCUT2D eigenvalue weighted by molar-refractivity contribution is 7.87. The SMILES string of the molecule is CN1[C@H](C(=O)Nc2cccc(C(F)(F)F)c2)C[C@H](c2cccs2)NS1(=O)=O. The molecule has 1 aliphatic heterocycles. The minimum absolute atomic E-state index is 0.0492. The summed E-state index contributed by atoms with van der Waals surface area (Å²) in [6.07, 6.45) is -4.39. The Balaban J connectivity index is 1.82. The fourth-order valence-corrected chi connectivity index (χ4v) is 4.92. The maximum Gasteiger partial charge on any atom is 0.416 e. The largest absolute Gasteiger partial charge is 0.416 e. The summed E-state index contributed by atoms with van der Waals surface area (Å²) < 4.78 is 66.5. The van der Waals surface area contributed by atoms with E-state index >= 15 is 0 Å². The lowest BCUT2D eigenvalue weighted by Crippen LogP contribution is -2.55. The van der Waals surface area contributed by atoms with Crippen molar-refractivity contribution in [1.82, 2.24) is 9.03 Å². The molecule has 0 aliphatic carbocycles. The van der Waals surface area contributed by atoms with Crippen LogP contribution >= 0.6 is 11.3 Å². The Morgan fingerprint density at radius 3 is 2.67 bits per heavy atom. The van der Waals surface area contributed by atoms with Gasteiger partial charge in [-0.15, -0.1) is 11.3 Å². The van der Waals surface area contributed by atoms with E-state index in [1.54, 1.807) is 17.5 Å². The first-order valence-electron chi connectivity index (χ1n) is 7.85. The van der Waals surface area contributed by atoms with Gasteiger partial charge in [0.1, 0.15) is 6.04 Å². The molecule has 1 aliphatic rings. The quantitative estimate of drug-likeness (QED) is 0.803. The minimum atomic E-state index is -4.54. The number of anilines is 1. The number of benzene rings is 1. The summed E-state index contributed by atoms with van der Waals surface area (Å²) in [6.45, 7) is 0. The number of nitrogens with zero attached hydrogens (tertiary/aromatic N) is 1. The predicted octanol–water partition coefficient (Wildman–Crippen LogP) is 2.99. The first-order chi connectivity index (χ1) is 12.6. The summed E-state index contributed by atoms with van der Waals surface area (Å²) in [4.78, 5) is 13.4. The summed E-state index contributed by atoms with van der Waals surface area (Å²) >= 11 is 1.35. The van der Waals surface area contributed by atoms with E-state index in [9.17, 15) is 26.4 Å². The standard InChI is InChI=1S/C16H16F3N3O3S2/c1-22-13(9-12(21-27(22,24)25)14-6-3-7-26-14)15(23)20-11-5-2-4-10(8-11)16(17,18)19/h2-8,12-13,21H,9H2,1H3,(H,20,23)/t12-,13+/m1/s1. The average Bonchev–Trinajstić information content (AvgIpc) is 3.11. The Hall–Kier alpha value is -1.95. The molecule has 0 bridgehead atoms. The smallest absolute Gasteiger partial charge is 0.325 e. The first kappa shape index (κ1) is 19.8. The summed E-state index contributed by atoms with van der Waals surface area (Å²) in [5.41, 5.74) is -0.949. The average molecular weight is 419 g/mol. The van der Waals surface area contributed by atoms with Crippen LogP contribution in [0.2, 0.25) is 0 Å². The van der Waals surface area contributed by atoms with E-state index in [0.29, 0.717) is 0 Å². The number of alkyl halides is 3. The van der Waals surface area contributed by atoms with Gasteiger partial charge >= 0.3 is 6.18 Å². The van der Waals surface area contributed by atoms with Gasteiger partial charge in [-0.25, -0.2) is 0 Å². The lowest BCUT2D eigenvalue weighted by Gasteiger charge is -2.35. The van der Waals surface area contributed by atoms with E-state index in [-0.39, 0.29) is 12.1 Å². The maximum atomic E-state index is 12.8. The molecule has 1 amide bonds. The molecule has 0 saturated carbocycles. The number of likely N-dealkylation sites (N-methyl/N-ethyl adjacent to an activating group) is 1. The van der Waals surface area contributed by atoms with Gasteiger partial charge in [0.05, 0.1) is 11.6 Å². The zero-order chi connectivity index (χ0) is 19.8. The highest BCUT2D eigenvalue weighted by atomic mass is 32.2. The fraction of sp³-hybridized carbons (Fsp3) is 0.312. The van der Waals surface area contributed by atoms with Gasteiger partial charge in [-0.1, -0.05) is 12.1 Å². The molecule has 1 aromatic carbocycles. The number of rotatable bonds is 3. The van der Waals surface area contributed by atoms with E-state index in [2.05, 4.69) is 10.0 Å². The number of halogens is 3. The number of carbonyl (C=O) groups excluding carboxylic acids is 1. The van der Waals surface area contributed by atoms with Crippen molar-refractivity contribution in [2.24, 2.45) is 0 Å². The molecule has 3 rings (SSSR count). The van der Waals surface area contributed by atoms with Crippen LogP contribution in [0.1, 0.15) is 22.9 Å². The van der Waals surface area contributed by atoms with Crippen molar-refractivity contribution in [2.45, 2.75) is 24.7 Å². The lowest BCUT2D eigenvalue weighted by molar-refractivity contribution is -0.137. The molecule has 1 saturated heterocycles. The van der Waals surface area contributed by atoms with Gasteiger partial charge in [-0.3, -0.25) is 4.79 Å². The Labute approximate surface area is 158 Å². The van der Waals surface area contributed by atoms with Crippen LogP contribution < -0.4 is 10.0 Å². The highest BCUT2D eigenvalue weighted by Gasteiger charge is 2.41. The third-order valence-corrected chi connectivity index (χ3v) is 6.80. The molecule has 2 aromatic rings. The van der Waals surface area contributed by atoms with E-state index in [1.165, 1.54) is 30.5 Å². The Bertz CT molecular complexity index is 930. The molecule has 11 heteroatoms. The molecule has 2 atom stereocenters. The van der Waals surface area contributed by atoms with E-state index in [4.69, 9.17) is 0 Å². The van der Waals surface area contributed by atoms with E-state index in [0.717, 1.165) is 21.3 Å². The van der Waals surface area contributed by atoms with Crippen molar-refractivity contribution < 1.29 is 26.4 Å². The van der Waals surface area contributed by atoms with Gasteiger partial charge < -0.3 is 5.32 Å². The Kier molecular flexibility index (Phi) is 5.30. The van der Waals surface area contributed by atoms with Crippen molar-refractivity contribution in [2.75, 3.05) is 12.4 Å². The van der Waals surface area contributed by atoms with Crippen LogP contribution in [-0.2, 0) is 21.2 Å². The third-order valence-electron chi connectivity index (χ3n) is 4.21. The number of hydrogen-bond acceptors (Lipinski definition) is 4. The van der Waals surface area contributed by atoms with Crippen LogP contribution in [0.25, 0.3) is 0 Å². The summed E-state index contributed by atoms with van der Waals surface area (Å²) in [6, 6.07) is 6.08. The number of nitrogens with one attached hydrogen (secondary N) is 2. The molecular formula is C16H16F3N3O3S2. The second-order valence-electron chi connectivity index (χ2n) is 6.03. The van der Waals surface area contributed by atoms with Gasteiger partial charge in [0.25, 0.3) is 10.2 Å². The van der Waals surface area contributed by atoms with Crippen LogP contribution in [-0.4, -0.2) is 31.7 Å². The normalized spacial score (nSPS) is 23.1. The molecule has 0 unspecified atom stereocenters. The lowest BCUT2D eigenvalue weighted by atomic mass is 10.1. The zero-order valence-corrected chi connectivity index (χ0v) is 15.7. The number of hydrogen-bond donors (Lipinski definition) is 2. The fourth-order valence-electron chi connectivity index (χ4n) is 2.79. The second-order valence-corrected chi connectivity index (χ2v) is 8.77. The topological polar surface area (TPSA) is 78.5 Å². The Morgan fingerprint density at radius 1 is 1.30 bits per heavy atom. The number of carbonyl (C=O) groups is 1. The Morgan fingerprint density at radius 2 is 2.04 bits per heavy atom. The van der Waals surface area contributed by atoms with Gasteiger partial charge in [0, 0.05) is 17.6 Å². The molecule has 2 N–H and O–H groups in total. The minimum Gasteiger partial charge on any atom is -0.325 e. The van der Waals surface area contributed by atoms with Crippen molar-refractivity contribution in [3.63, 3.8) is 0 Å². The molecule has 0 spiro atoms. The van der Waals surface area contributed by atoms with Crippen molar-refractivity contribution >= 4 is 33.1 Å². The summed E-state index contributed by atoms with van der Waals surface area (Å²) in [5, 5.41) is 4.18. The van der Waals surface area contributed by atoms with Gasteiger partial charge in [0.15, 0.2) is 0 Å². The van der Waals surface area contributed by atoms with Gasteiger partial charge in [0.2, 0.25) is 5.91 Å². The zero-order valence-electron chi connectivity index (χ0n) is 14.0. The van der Waals surface area contributed by atoms with Gasteiger partial charge in [-0.05, 0) is 36.1 Å². The third kappa shape index (κ3) is 4.32. The molecule has 1 fully saturated rings. The summed E-state index contributed by atoms with van der Waals surface area (Å²) in [5.74, 6) is -0.691. The highest BCUT2D eigenvalue weighted by Crippen LogP contribution is 2.32. The number of amides is 1. The molecule has 146 valence electrons. The van der Waals surface area contributed by atoms with Crippen LogP contribution in [0.15, 0.2) is 41.8 Å². The molecule has 27 heavy (non-hydrogen) atoms. The monoisotopic (exact) mass is 419 g/mol. The molecule has 1 aromatic heterocycles. The van der Waals surface area contributed by atoms with E-state index in [1.807, 2.05) is 0 Å². The first-order valence-corrected chi connectivity index (χ1v) is 10.2. The number of thiophene rings is 1. The van der Waals surface area contributed by atoms with Crippen LogP contribution in [0, 0.1) is 0 Å². The molecular weight excluding hydrogens is 403 g/mol. The van der Waals surface area contributed by atoms with E-state index < -0.39 is 39.9 Å². The van der Waals surface area contributed by atoms with Crippen molar-refractivity contribution in [3.05, 3.63) is 52.2 Å². The van der Waals surface area contributed by atoms with Gasteiger partial charge in [-0.2, -0.15) is 30.6 Å². The summed E-state index contributed by atoms with van der Waals surface area (Å²) in [7, 11) is -2.65. The molecule has 6 nitrogen and oxygen atoms in total. The van der Waals surface area contributed by atoms with Crippen LogP contribution in [0.3, 0.4) is 0 Å². The van der Waals surface area contributed by atoms with Crippen molar-refractivity contribution in [1.29, 1.82) is 0 Å². The second kappa shape index (κ2) is 7.23. The predicted molar refractivity (Wildman–Crippen MR) is 95.4 cm³/mol.